The second kappa shape index (κ2) is 5.38. The third-order valence-corrected chi connectivity index (χ3v) is 3.35. The average molecular weight is 243 g/mol. The Morgan fingerprint density at radius 3 is 2.71 bits per heavy atom. The fourth-order valence-corrected chi connectivity index (χ4v) is 1.90. The molecule has 2 unspecified atom stereocenters. The molecular weight excluding hydrogens is 222 g/mol. The molecule has 1 N–H and O–H groups in total. The van der Waals surface area contributed by atoms with Crippen LogP contribution in [0.1, 0.15) is 40.0 Å². The van der Waals surface area contributed by atoms with E-state index in [1.807, 2.05) is 13.8 Å². The summed E-state index contributed by atoms with van der Waals surface area (Å²) in [7, 11) is 0. The maximum Gasteiger partial charge on any atom is 0.410 e. The third-order valence-electron chi connectivity index (χ3n) is 3.35. The Morgan fingerprint density at radius 1 is 1.53 bits per heavy atom. The van der Waals surface area contributed by atoms with E-state index in [1.165, 1.54) is 4.90 Å². The topological polar surface area (TPSA) is 66.8 Å². The second-order valence-electron chi connectivity index (χ2n) is 4.99. The summed E-state index contributed by atoms with van der Waals surface area (Å²) in [6.45, 7) is 6.27. The van der Waals surface area contributed by atoms with E-state index in [-0.39, 0.29) is 12.6 Å². The minimum absolute atomic E-state index is 0.125. The van der Waals surface area contributed by atoms with Crippen molar-refractivity contribution < 1.29 is 19.4 Å². The van der Waals surface area contributed by atoms with Gasteiger partial charge in [-0.25, -0.2) is 4.79 Å². The maximum atomic E-state index is 11.8. The molecule has 0 aromatic rings. The van der Waals surface area contributed by atoms with Crippen molar-refractivity contribution in [3.63, 3.8) is 0 Å². The Balaban J connectivity index is 2.60. The second-order valence-corrected chi connectivity index (χ2v) is 4.99. The minimum Gasteiger partial charge on any atom is -0.481 e. The molecule has 1 amide bonds. The zero-order chi connectivity index (χ0) is 13.1. The number of piperidine rings is 1. The van der Waals surface area contributed by atoms with Crippen LogP contribution in [0.15, 0.2) is 0 Å². The number of nitrogens with zero attached hydrogens (tertiary/aromatic N) is 1. The maximum absolute atomic E-state index is 11.8. The molecule has 1 heterocycles. The molecule has 0 aromatic carbocycles. The van der Waals surface area contributed by atoms with Crippen LogP contribution in [0.25, 0.3) is 0 Å². The largest absolute Gasteiger partial charge is 0.481 e. The van der Waals surface area contributed by atoms with Gasteiger partial charge in [0.2, 0.25) is 0 Å². The van der Waals surface area contributed by atoms with Gasteiger partial charge in [0.25, 0.3) is 0 Å². The molecule has 0 aromatic heterocycles. The number of carbonyl (C=O) groups is 2. The lowest BCUT2D eigenvalue weighted by atomic mass is 9.82. The molecule has 2 atom stereocenters. The highest BCUT2D eigenvalue weighted by atomic mass is 16.6. The number of likely N-dealkylation sites (tertiary alicyclic amines) is 1. The summed E-state index contributed by atoms with van der Waals surface area (Å²) in [4.78, 5) is 24.4. The van der Waals surface area contributed by atoms with E-state index in [0.29, 0.717) is 19.4 Å². The zero-order valence-corrected chi connectivity index (χ0v) is 10.7. The third kappa shape index (κ3) is 3.35. The van der Waals surface area contributed by atoms with Gasteiger partial charge in [-0.05, 0) is 33.1 Å². The van der Waals surface area contributed by atoms with Gasteiger partial charge in [0, 0.05) is 13.1 Å². The molecule has 0 aliphatic carbocycles. The van der Waals surface area contributed by atoms with Crippen LogP contribution in [0, 0.1) is 5.41 Å². The van der Waals surface area contributed by atoms with Crippen molar-refractivity contribution >= 4 is 12.1 Å². The van der Waals surface area contributed by atoms with Crippen LogP contribution in [0.3, 0.4) is 0 Å². The van der Waals surface area contributed by atoms with Crippen molar-refractivity contribution in [2.45, 2.75) is 46.1 Å². The Kier molecular flexibility index (Phi) is 4.37. The Labute approximate surface area is 102 Å². The molecule has 1 rings (SSSR count). The summed E-state index contributed by atoms with van der Waals surface area (Å²) < 4.78 is 5.21. The highest BCUT2D eigenvalue weighted by Crippen LogP contribution is 2.30. The van der Waals surface area contributed by atoms with E-state index in [4.69, 9.17) is 9.84 Å². The van der Waals surface area contributed by atoms with Gasteiger partial charge in [-0.15, -0.1) is 0 Å². The summed E-state index contributed by atoms with van der Waals surface area (Å²) in [5.74, 6) is -0.849. The minimum atomic E-state index is -0.849. The zero-order valence-electron chi connectivity index (χ0n) is 10.7. The van der Waals surface area contributed by atoms with Gasteiger partial charge in [-0.2, -0.15) is 0 Å². The molecule has 5 heteroatoms. The van der Waals surface area contributed by atoms with Gasteiger partial charge in [0.05, 0.1) is 5.41 Å². The normalized spacial score (nSPS) is 26.4. The molecule has 0 saturated carbocycles. The highest BCUT2D eigenvalue weighted by molar-refractivity contribution is 5.76. The molecule has 1 fully saturated rings. The standard InChI is InChI=1S/C12H21NO4/c1-4-9(2)17-11(16)13-7-5-6-12(3,8-13)10(14)15/h9H,4-8H2,1-3H3,(H,14,15). The lowest BCUT2D eigenvalue weighted by Gasteiger charge is -2.37. The molecule has 0 spiro atoms. The van der Waals surface area contributed by atoms with E-state index in [1.54, 1.807) is 6.92 Å². The summed E-state index contributed by atoms with van der Waals surface area (Å²) in [5.41, 5.74) is -0.841. The highest BCUT2D eigenvalue weighted by Gasteiger charge is 2.39. The fraction of sp³-hybridized carbons (Fsp3) is 0.833. The molecule has 1 aliphatic heterocycles. The van der Waals surface area contributed by atoms with Crippen LogP contribution in [0.4, 0.5) is 4.79 Å². The van der Waals surface area contributed by atoms with Crippen LogP contribution in [0.5, 0.6) is 0 Å². The molecule has 0 radical (unpaired) electrons. The number of carbonyl (C=O) groups excluding carboxylic acids is 1. The van der Waals surface area contributed by atoms with Gasteiger partial charge in [0.1, 0.15) is 6.10 Å². The first-order valence-corrected chi connectivity index (χ1v) is 6.08. The van der Waals surface area contributed by atoms with Gasteiger partial charge < -0.3 is 14.7 Å². The molecule has 1 aliphatic rings. The number of aliphatic carboxylic acids is 1. The molecule has 0 bridgehead atoms. The smallest absolute Gasteiger partial charge is 0.410 e. The first-order chi connectivity index (χ1) is 7.89. The number of rotatable bonds is 3. The monoisotopic (exact) mass is 243 g/mol. The quantitative estimate of drug-likeness (QED) is 0.824. The fourth-order valence-electron chi connectivity index (χ4n) is 1.90. The summed E-state index contributed by atoms with van der Waals surface area (Å²) in [6, 6.07) is 0. The molecule has 98 valence electrons. The van der Waals surface area contributed by atoms with Crippen molar-refractivity contribution in [1.29, 1.82) is 0 Å². The van der Waals surface area contributed by atoms with Crippen LogP contribution in [-0.2, 0) is 9.53 Å². The van der Waals surface area contributed by atoms with Gasteiger partial charge in [0.15, 0.2) is 0 Å². The van der Waals surface area contributed by atoms with E-state index >= 15 is 0 Å². The summed E-state index contributed by atoms with van der Waals surface area (Å²) >= 11 is 0. The predicted octanol–water partition coefficient (Wildman–Crippen LogP) is 2.11. The molecule has 5 nitrogen and oxygen atoms in total. The van der Waals surface area contributed by atoms with Crippen LogP contribution >= 0.6 is 0 Å². The van der Waals surface area contributed by atoms with Crippen LogP contribution in [-0.4, -0.2) is 41.3 Å². The Bertz CT molecular complexity index is 305. The number of hydrogen-bond acceptors (Lipinski definition) is 3. The SMILES string of the molecule is CCC(C)OC(=O)N1CCCC(C)(C(=O)O)C1. The van der Waals surface area contributed by atoms with Crippen molar-refractivity contribution in [1.82, 2.24) is 4.90 Å². The lowest BCUT2D eigenvalue weighted by Crippen LogP contribution is -2.49. The predicted molar refractivity (Wildman–Crippen MR) is 62.8 cm³/mol. The molecule has 1 saturated heterocycles. The van der Waals surface area contributed by atoms with Gasteiger partial charge >= 0.3 is 12.1 Å². The Morgan fingerprint density at radius 2 is 2.18 bits per heavy atom. The molecule has 17 heavy (non-hydrogen) atoms. The van der Waals surface area contributed by atoms with Crippen LogP contribution in [0.2, 0.25) is 0 Å². The van der Waals surface area contributed by atoms with Gasteiger partial charge in [-0.3, -0.25) is 4.79 Å². The van der Waals surface area contributed by atoms with E-state index in [9.17, 15) is 9.59 Å². The van der Waals surface area contributed by atoms with Crippen molar-refractivity contribution in [2.75, 3.05) is 13.1 Å². The van der Waals surface area contributed by atoms with Crippen molar-refractivity contribution in [2.24, 2.45) is 5.41 Å². The number of ether oxygens (including phenoxy) is 1. The van der Waals surface area contributed by atoms with E-state index < -0.39 is 17.5 Å². The number of hydrogen-bond donors (Lipinski definition) is 1. The number of carboxylic acid groups (broad SMARTS) is 1. The van der Waals surface area contributed by atoms with Crippen molar-refractivity contribution in [3.8, 4) is 0 Å². The Hall–Kier alpha value is -1.26. The number of carboxylic acids is 1. The molecular formula is C12H21NO4. The van der Waals surface area contributed by atoms with E-state index in [0.717, 1.165) is 6.42 Å². The lowest BCUT2D eigenvalue weighted by molar-refractivity contribution is -0.150. The van der Waals surface area contributed by atoms with Gasteiger partial charge in [-0.1, -0.05) is 6.92 Å². The van der Waals surface area contributed by atoms with Crippen LogP contribution < -0.4 is 0 Å². The summed E-state index contributed by atoms with van der Waals surface area (Å²) in [5, 5.41) is 9.15. The first-order valence-electron chi connectivity index (χ1n) is 6.08. The van der Waals surface area contributed by atoms with E-state index in [2.05, 4.69) is 0 Å². The summed E-state index contributed by atoms with van der Waals surface area (Å²) in [6.07, 6.45) is 1.55. The average Bonchev–Trinajstić information content (AvgIpc) is 2.28. The number of amides is 1. The van der Waals surface area contributed by atoms with Crippen molar-refractivity contribution in [3.05, 3.63) is 0 Å². The first kappa shape index (κ1) is 13.8.